The van der Waals surface area contributed by atoms with E-state index in [0.29, 0.717) is 12.5 Å². The number of hydrogen-bond acceptors (Lipinski definition) is 3. The van der Waals surface area contributed by atoms with Crippen LogP contribution >= 0.6 is 0 Å². The molecule has 1 fully saturated rings. The van der Waals surface area contributed by atoms with Crippen molar-refractivity contribution in [3.8, 4) is 5.75 Å². The first-order valence-corrected chi connectivity index (χ1v) is 8.90. The molecule has 1 aromatic carbocycles. The third-order valence-corrected chi connectivity index (χ3v) is 4.47. The van der Waals surface area contributed by atoms with E-state index in [-0.39, 0.29) is 17.8 Å². The Bertz CT molecular complexity index is 455. The maximum Gasteiger partial charge on any atom is 0.204 e. The van der Waals surface area contributed by atoms with E-state index in [4.69, 9.17) is 14.2 Å². The van der Waals surface area contributed by atoms with Crippen molar-refractivity contribution in [2.75, 3.05) is 13.2 Å². The van der Waals surface area contributed by atoms with Crippen LogP contribution in [0, 0.1) is 5.41 Å². The van der Waals surface area contributed by atoms with E-state index >= 15 is 0 Å². The van der Waals surface area contributed by atoms with Gasteiger partial charge in [0.1, 0.15) is 5.75 Å². The van der Waals surface area contributed by atoms with Crippen LogP contribution in [0.5, 0.6) is 5.75 Å². The molecule has 3 nitrogen and oxygen atoms in total. The highest BCUT2D eigenvalue weighted by Crippen LogP contribution is 2.28. The van der Waals surface area contributed by atoms with Crippen LogP contribution in [-0.4, -0.2) is 25.6 Å². The molecule has 1 heterocycles. The van der Waals surface area contributed by atoms with Crippen LogP contribution in [0.1, 0.15) is 65.4 Å². The smallest absolute Gasteiger partial charge is 0.204 e. The van der Waals surface area contributed by atoms with Gasteiger partial charge >= 0.3 is 0 Å². The first kappa shape index (κ1) is 18.3. The predicted octanol–water partition coefficient (Wildman–Crippen LogP) is 5.15. The fourth-order valence-corrected chi connectivity index (χ4v) is 2.67. The van der Waals surface area contributed by atoms with Gasteiger partial charge < -0.3 is 14.2 Å². The fourth-order valence-electron chi connectivity index (χ4n) is 2.67. The Labute approximate surface area is 141 Å². The highest BCUT2D eigenvalue weighted by Gasteiger charge is 2.29. The summed E-state index contributed by atoms with van der Waals surface area (Å²) in [6, 6.07) is 8.41. The average molecular weight is 320 g/mol. The molecular formula is C20H32O3. The highest BCUT2D eigenvalue weighted by molar-refractivity contribution is 5.29. The summed E-state index contributed by atoms with van der Waals surface area (Å²) in [5.41, 5.74) is 1.26. The first-order chi connectivity index (χ1) is 10.9. The Morgan fingerprint density at radius 1 is 1.22 bits per heavy atom. The van der Waals surface area contributed by atoms with Crippen LogP contribution in [0.3, 0.4) is 0 Å². The lowest BCUT2D eigenvalue weighted by Gasteiger charge is -2.31. The van der Waals surface area contributed by atoms with Gasteiger partial charge in [-0.1, -0.05) is 46.8 Å². The minimum Gasteiger partial charge on any atom is -0.464 e. The molecule has 0 aromatic heterocycles. The second-order valence-corrected chi connectivity index (χ2v) is 7.66. The van der Waals surface area contributed by atoms with Crippen LogP contribution in [0.25, 0.3) is 0 Å². The molecule has 1 aliphatic rings. The summed E-state index contributed by atoms with van der Waals surface area (Å²) in [6.07, 6.45) is 3.31. The van der Waals surface area contributed by atoms with Gasteiger partial charge in [0.05, 0.1) is 12.7 Å². The van der Waals surface area contributed by atoms with E-state index in [1.54, 1.807) is 0 Å². The van der Waals surface area contributed by atoms with Crippen LogP contribution in [0.2, 0.25) is 0 Å². The average Bonchev–Trinajstić information content (AvgIpc) is 3.03. The van der Waals surface area contributed by atoms with Crippen molar-refractivity contribution in [2.24, 2.45) is 5.41 Å². The van der Waals surface area contributed by atoms with Crippen LogP contribution in [0.4, 0.5) is 0 Å². The third kappa shape index (κ3) is 5.50. The minimum atomic E-state index is -0.277. The molecular weight excluding hydrogens is 288 g/mol. The molecule has 3 unspecified atom stereocenters. The topological polar surface area (TPSA) is 27.7 Å². The maximum absolute atomic E-state index is 6.13. The van der Waals surface area contributed by atoms with Crippen molar-refractivity contribution in [3.63, 3.8) is 0 Å². The zero-order valence-corrected chi connectivity index (χ0v) is 15.3. The van der Waals surface area contributed by atoms with Gasteiger partial charge in [-0.3, -0.25) is 0 Å². The van der Waals surface area contributed by atoms with E-state index in [0.717, 1.165) is 31.6 Å². The molecule has 0 radical (unpaired) electrons. The number of ether oxygens (including phenoxy) is 3. The van der Waals surface area contributed by atoms with Gasteiger partial charge in [0.15, 0.2) is 0 Å². The lowest BCUT2D eigenvalue weighted by molar-refractivity contribution is -0.158. The summed E-state index contributed by atoms with van der Waals surface area (Å²) < 4.78 is 17.8. The normalized spacial score (nSPS) is 21.2. The summed E-state index contributed by atoms with van der Waals surface area (Å²) in [7, 11) is 0. The molecule has 0 saturated carbocycles. The third-order valence-electron chi connectivity index (χ3n) is 4.47. The lowest BCUT2D eigenvalue weighted by atomic mass is 9.95. The fraction of sp³-hybridized carbons (Fsp3) is 0.700. The molecule has 1 aliphatic heterocycles. The van der Waals surface area contributed by atoms with Gasteiger partial charge in [-0.2, -0.15) is 0 Å². The van der Waals surface area contributed by atoms with Gasteiger partial charge in [-0.05, 0) is 42.9 Å². The Kier molecular flexibility index (Phi) is 6.49. The molecule has 2 rings (SSSR count). The van der Waals surface area contributed by atoms with Gasteiger partial charge in [0.25, 0.3) is 0 Å². The van der Waals surface area contributed by atoms with Crippen LogP contribution in [0.15, 0.2) is 24.3 Å². The highest BCUT2D eigenvalue weighted by atomic mass is 16.7. The van der Waals surface area contributed by atoms with E-state index in [2.05, 4.69) is 58.9 Å². The molecule has 0 aliphatic carbocycles. The molecule has 0 N–H and O–H groups in total. The molecule has 23 heavy (non-hydrogen) atoms. The standard InChI is InChI=1S/C20H32O3/c1-6-15(2)16-9-11-17(12-10-16)23-19(20(3,4)5)22-14-18-8-7-13-21-18/h9-12,15,18-19H,6-8,13-14H2,1-5H3. The second-order valence-electron chi connectivity index (χ2n) is 7.66. The van der Waals surface area contributed by atoms with Crippen molar-refractivity contribution in [3.05, 3.63) is 29.8 Å². The Hall–Kier alpha value is -1.06. The number of benzene rings is 1. The predicted molar refractivity (Wildman–Crippen MR) is 93.9 cm³/mol. The summed E-state index contributed by atoms with van der Waals surface area (Å²) in [4.78, 5) is 0. The summed E-state index contributed by atoms with van der Waals surface area (Å²) in [5, 5.41) is 0. The lowest BCUT2D eigenvalue weighted by Crippen LogP contribution is -2.37. The minimum absolute atomic E-state index is 0.0893. The van der Waals surface area contributed by atoms with E-state index in [1.807, 2.05) is 0 Å². The van der Waals surface area contributed by atoms with E-state index in [1.165, 1.54) is 5.56 Å². The molecule has 1 saturated heterocycles. The zero-order valence-electron chi connectivity index (χ0n) is 15.3. The Balaban J connectivity index is 1.96. The maximum atomic E-state index is 6.13. The summed E-state index contributed by atoms with van der Waals surface area (Å²) >= 11 is 0. The van der Waals surface area contributed by atoms with Crippen LogP contribution < -0.4 is 4.74 Å². The Morgan fingerprint density at radius 2 is 1.91 bits per heavy atom. The van der Waals surface area contributed by atoms with Gasteiger partial charge in [0.2, 0.25) is 6.29 Å². The molecule has 3 heteroatoms. The zero-order chi connectivity index (χ0) is 16.9. The van der Waals surface area contributed by atoms with Crippen molar-refractivity contribution >= 4 is 0 Å². The molecule has 1 aromatic rings. The largest absolute Gasteiger partial charge is 0.464 e. The molecule has 0 amide bonds. The van der Waals surface area contributed by atoms with Crippen molar-refractivity contribution in [1.82, 2.24) is 0 Å². The summed E-state index contributed by atoms with van der Waals surface area (Å²) in [6.45, 7) is 12.3. The molecule has 0 bridgehead atoms. The molecule has 130 valence electrons. The van der Waals surface area contributed by atoms with Crippen LogP contribution in [-0.2, 0) is 9.47 Å². The van der Waals surface area contributed by atoms with Gasteiger partial charge in [-0.25, -0.2) is 0 Å². The van der Waals surface area contributed by atoms with Crippen molar-refractivity contribution in [1.29, 1.82) is 0 Å². The molecule has 3 atom stereocenters. The second kappa shape index (κ2) is 8.16. The SMILES string of the molecule is CCC(C)c1ccc(OC(OCC2CCCO2)C(C)(C)C)cc1. The quantitative estimate of drug-likeness (QED) is 0.651. The van der Waals surface area contributed by atoms with E-state index in [9.17, 15) is 0 Å². The number of hydrogen-bond donors (Lipinski definition) is 0. The monoisotopic (exact) mass is 320 g/mol. The van der Waals surface area contributed by atoms with Crippen molar-refractivity contribution < 1.29 is 14.2 Å². The molecule has 0 spiro atoms. The van der Waals surface area contributed by atoms with Crippen molar-refractivity contribution in [2.45, 2.75) is 72.2 Å². The summed E-state index contributed by atoms with van der Waals surface area (Å²) in [5.74, 6) is 1.45. The Morgan fingerprint density at radius 3 is 2.43 bits per heavy atom. The van der Waals surface area contributed by atoms with Gasteiger partial charge in [-0.15, -0.1) is 0 Å². The van der Waals surface area contributed by atoms with Gasteiger partial charge in [0, 0.05) is 12.0 Å². The first-order valence-electron chi connectivity index (χ1n) is 8.90. The van der Waals surface area contributed by atoms with E-state index < -0.39 is 0 Å². The number of rotatable bonds is 7.